The fourth-order valence-corrected chi connectivity index (χ4v) is 5.70. The van der Waals surface area contributed by atoms with Gasteiger partial charge in [0.15, 0.2) is 0 Å². The molecule has 37 heavy (non-hydrogen) atoms. The van der Waals surface area contributed by atoms with Crippen molar-refractivity contribution in [3.8, 4) is 0 Å². The van der Waals surface area contributed by atoms with Gasteiger partial charge in [0, 0.05) is 6.92 Å². The van der Waals surface area contributed by atoms with Gasteiger partial charge in [-0.3, -0.25) is 4.79 Å². The predicted octanol–water partition coefficient (Wildman–Crippen LogP) is 12.5. The Bertz CT molecular complexity index is 447. The lowest BCUT2D eigenvalue weighted by atomic mass is 9.95. The van der Waals surface area contributed by atoms with Crippen molar-refractivity contribution in [2.24, 2.45) is 5.92 Å². The van der Waals surface area contributed by atoms with E-state index in [1.54, 1.807) is 6.92 Å². The zero-order valence-corrected chi connectivity index (χ0v) is 26.3. The molecule has 0 radical (unpaired) electrons. The van der Waals surface area contributed by atoms with Crippen LogP contribution in [0.4, 0.5) is 0 Å². The summed E-state index contributed by atoms with van der Waals surface area (Å²) in [6.07, 6.45) is 38.3. The minimum absolute atomic E-state index is 0.100. The molecule has 0 amide bonds. The molecule has 0 aromatic carbocycles. The maximum absolute atomic E-state index is 11.5. The Morgan fingerprint density at radius 3 is 1.05 bits per heavy atom. The van der Waals surface area contributed by atoms with E-state index in [1.165, 1.54) is 167 Å². The molecule has 0 fully saturated rings. The van der Waals surface area contributed by atoms with Crippen LogP contribution < -0.4 is 0 Å². The van der Waals surface area contributed by atoms with E-state index < -0.39 is 0 Å². The third-order valence-electron chi connectivity index (χ3n) is 8.24. The zero-order chi connectivity index (χ0) is 27.2. The van der Waals surface area contributed by atoms with Crippen molar-refractivity contribution in [2.75, 3.05) is 0 Å². The van der Waals surface area contributed by atoms with Crippen LogP contribution in [0.1, 0.15) is 207 Å². The quantitative estimate of drug-likeness (QED) is 0.0692. The second-order valence-corrected chi connectivity index (χ2v) is 12.3. The van der Waals surface area contributed by atoms with Gasteiger partial charge in [-0.25, -0.2) is 0 Å². The number of ether oxygens (including phenoxy) is 1. The van der Waals surface area contributed by atoms with E-state index in [1.807, 2.05) is 0 Å². The summed E-state index contributed by atoms with van der Waals surface area (Å²) >= 11 is 0. The molecule has 0 saturated carbocycles. The first-order valence-corrected chi connectivity index (χ1v) is 17.3. The average Bonchev–Trinajstić information content (AvgIpc) is 2.87. The molecule has 0 heterocycles. The summed E-state index contributed by atoms with van der Waals surface area (Å²) in [6, 6.07) is 0. The first-order chi connectivity index (χ1) is 18.1. The third kappa shape index (κ3) is 29.9. The van der Waals surface area contributed by atoms with Gasteiger partial charge in [-0.15, -0.1) is 0 Å². The van der Waals surface area contributed by atoms with Gasteiger partial charge in [-0.2, -0.15) is 0 Å². The van der Waals surface area contributed by atoms with Crippen molar-refractivity contribution in [3.63, 3.8) is 0 Å². The normalized spacial score (nSPS) is 13.1. The number of hydrogen-bond acceptors (Lipinski definition) is 2. The number of rotatable bonds is 30. The fraction of sp³-hybridized carbons (Fsp3) is 0.971. The van der Waals surface area contributed by atoms with Gasteiger partial charge >= 0.3 is 5.97 Å². The molecule has 0 spiro atoms. The third-order valence-corrected chi connectivity index (χ3v) is 8.24. The maximum atomic E-state index is 11.5. The highest BCUT2D eigenvalue weighted by Gasteiger charge is 2.12. The molecule has 0 saturated heterocycles. The van der Waals surface area contributed by atoms with Crippen molar-refractivity contribution in [1.82, 2.24) is 0 Å². The average molecular weight is 523 g/mol. The summed E-state index contributed by atoms with van der Waals surface area (Å²) in [4.78, 5) is 11.5. The second-order valence-electron chi connectivity index (χ2n) is 12.3. The molecular weight excluding hydrogens is 452 g/mol. The topological polar surface area (TPSA) is 26.3 Å². The Kier molecular flexibility index (Phi) is 29.6. The standard InChI is InChI=1S/C35H70O2/c1-5-7-9-11-13-15-16-17-19-20-22-25-29-33(3)30-26-24-28-32-35(37-34(4)36)31-27-23-21-18-14-12-10-8-6-2/h33,35H,5-32H2,1-4H3. The molecule has 2 heteroatoms. The molecule has 0 rings (SSSR count). The van der Waals surface area contributed by atoms with Gasteiger partial charge in [0.25, 0.3) is 0 Å². The van der Waals surface area contributed by atoms with Crippen molar-refractivity contribution in [1.29, 1.82) is 0 Å². The molecule has 2 atom stereocenters. The molecule has 0 aliphatic carbocycles. The number of carbonyl (C=O) groups is 1. The lowest BCUT2D eigenvalue weighted by Gasteiger charge is -2.17. The van der Waals surface area contributed by atoms with Gasteiger partial charge in [0.2, 0.25) is 0 Å². The van der Waals surface area contributed by atoms with E-state index in [9.17, 15) is 4.79 Å². The van der Waals surface area contributed by atoms with Crippen LogP contribution >= 0.6 is 0 Å². The van der Waals surface area contributed by atoms with Crippen LogP contribution in [-0.2, 0) is 9.53 Å². The molecular formula is C35H70O2. The number of unbranched alkanes of at least 4 members (excludes halogenated alkanes) is 21. The molecule has 0 bridgehead atoms. The van der Waals surface area contributed by atoms with Crippen molar-refractivity contribution in [3.05, 3.63) is 0 Å². The first kappa shape index (κ1) is 36.5. The molecule has 0 aliphatic heterocycles. The van der Waals surface area contributed by atoms with Crippen LogP contribution in [0, 0.1) is 5.92 Å². The van der Waals surface area contributed by atoms with Gasteiger partial charge in [-0.1, -0.05) is 175 Å². The van der Waals surface area contributed by atoms with Crippen molar-refractivity contribution < 1.29 is 9.53 Å². The minimum atomic E-state index is -0.100. The van der Waals surface area contributed by atoms with Gasteiger partial charge in [-0.05, 0) is 31.6 Å². The second kappa shape index (κ2) is 30.0. The predicted molar refractivity (Wildman–Crippen MR) is 165 cm³/mol. The van der Waals surface area contributed by atoms with Crippen LogP contribution in [-0.4, -0.2) is 12.1 Å². The fourth-order valence-electron chi connectivity index (χ4n) is 5.70. The summed E-state index contributed by atoms with van der Waals surface area (Å²) in [5.41, 5.74) is 0. The molecule has 2 unspecified atom stereocenters. The number of carbonyl (C=O) groups excluding carboxylic acids is 1. The Labute approximate surface area is 234 Å². The van der Waals surface area contributed by atoms with E-state index >= 15 is 0 Å². The van der Waals surface area contributed by atoms with E-state index in [4.69, 9.17) is 4.74 Å². The van der Waals surface area contributed by atoms with Crippen LogP contribution in [0.3, 0.4) is 0 Å². The molecule has 222 valence electrons. The smallest absolute Gasteiger partial charge is 0.302 e. The summed E-state index contributed by atoms with van der Waals surface area (Å²) in [6.45, 7) is 8.59. The van der Waals surface area contributed by atoms with Gasteiger partial charge < -0.3 is 4.74 Å². The lowest BCUT2D eigenvalue weighted by molar-refractivity contribution is -0.147. The molecule has 0 N–H and O–H groups in total. The van der Waals surface area contributed by atoms with E-state index in [0.717, 1.165) is 18.8 Å². The lowest BCUT2D eigenvalue weighted by Crippen LogP contribution is -2.16. The van der Waals surface area contributed by atoms with Crippen LogP contribution in [0.15, 0.2) is 0 Å². The highest BCUT2D eigenvalue weighted by molar-refractivity contribution is 5.66. The molecule has 0 aromatic rings. The van der Waals surface area contributed by atoms with Crippen LogP contribution in [0.25, 0.3) is 0 Å². The van der Waals surface area contributed by atoms with Crippen LogP contribution in [0.2, 0.25) is 0 Å². The SMILES string of the molecule is CCCCCCCCCCCCCCC(C)CCCCCC(CCCCCCCCCCC)OC(C)=O. The molecule has 2 nitrogen and oxygen atoms in total. The Hall–Kier alpha value is -0.530. The van der Waals surface area contributed by atoms with E-state index in [-0.39, 0.29) is 12.1 Å². The Morgan fingerprint density at radius 2 is 0.730 bits per heavy atom. The van der Waals surface area contributed by atoms with Gasteiger partial charge in [0.05, 0.1) is 0 Å². The molecule has 0 aliphatic rings. The summed E-state index contributed by atoms with van der Waals surface area (Å²) in [5.74, 6) is 0.770. The Balaban J connectivity index is 3.58. The summed E-state index contributed by atoms with van der Waals surface area (Å²) < 4.78 is 5.64. The van der Waals surface area contributed by atoms with Crippen LogP contribution in [0.5, 0.6) is 0 Å². The monoisotopic (exact) mass is 523 g/mol. The largest absolute Gasteiger partial charge is 0.463 e. The highest BCUT2D eigenvalue weighted by atomic mass is 16.5. The summed E-state index contributed by atoms with van der Waals surface area (Å²) in [5, 5.41) is 0. The first-order valence-electron chi connectivity index (χ1n) is 17.3. The van der Waals surface area contributed by atoms with E-state index in [2.05, 4.69) is 20.8 Å². The Morgan fingerprint density at radius 1 is 0.459 bits per heavy atom. The zero-order valence-electron chi connectivity index (χ0n) is 26.3. The van der Waals surface area contributed by atoms with Crippen molar-refractivity contribution in [2.45, 2.75) is 214 Å². The number of hydrogen-bond donors (Lipinski definition) is 0. The minimum Gasteiger partial charge on any atom is -0.463 e. The van der Waals surface area contributed by atoms with Crippen molar-refractivity contribution >= 4 is 5.97 Å². The van der Waals surface area contributed by atoms with Gasteiger partial charge in [0.1, 0.15) is 6.10 Å². The van der Waals surface area contributed by atoms with E-state index in [0.29, 0.717) is 0 Å². The number of esters is 1. The highest BCUT2D eigenvalue weighted by Crippen LogP contribution is 2.21. The maximum Gasteiger partial charge on any atom is 0.302 e. The molecule has 0 aromatic heterocycles. The summed E-state index contributed by atoms with van der Waals surface area (Å²) in [7, 11) is 0.